The molecule has 1 heterocycles. The molecule has 0 radical (unpaired) electrons. The molecule has 0 aromatic heterocycles. The molecule has 1 fully saturated rings. The van der Waals surface area contributed by atoms with E-state index in [1.807, 2.05) is 4.90 Å². The Kier molecular flexibility index (Phi) is 11.3. The van der Waals surface area contributed by atoms with Gasteiger partial charge in [-0.3, -0.25) is 4.90 Å². The third-order valence-corrected chi connectivity index (χ3v) is 2.69. The minimum absolute atomic E-state index is 0. The first-order valence-electron chi connectivity index (χ1n) is 4.57. The maximum Gasteiger partial charge on any atom is 1.00 e. The second kappa shape index (κ2) is 9.55. The molecular formula is C8H17N2NaO4S. The molecule has 0 bridgehead atoms. The van der Waals surface area contributed by atoms with E-state index < -0.39 is 10.1 Å². The average molecular weight is 260 g/mol. The fourth-order valence-electron chi connectivity index (χ4n) is 1.20. The van der Waals surface area contributed by atoms with Gasteiger partial charge in [0.1, 0.15) is 0 Å². The van der Waals surface area contributed by atoms with Crippen LogP contribution >= 0.6 is 0 Å². The fraction of sp³-hybridized carbons (Fsp3) is 0.750. The summed E-state index contributed by atoms with van der Waals surface area (Å²) in [6, 6.07) is 0. The van der Waals surface area contributed by atoms with Crippen LogP contribution in [0.15, 0.2) is 13.2 Å². The summed E-state index contributed by atoms with van der Waals surface area (Å²) in [5.74, 6) is -0.349. The van der Waals surface area contributed by atoms with Crippen molar-refractivity contribution in [3.63, 3.8) is 0 Å². The van der Waals surface area contributed by atoms with Gasteiger partial charge < -0.3 is 9.76 Å². The van der Waals surface area contributed by atoms with Crippen LogP contribution < -0.4 is 29.6 Å². The minimum Gasteiger partial charge on any atom is -0.748 e. The summed E-state index contributed by atoms with van der Waals surface area (Å²) >= 11 is 0. The van der Waals surface area contributed by atoms with Gasteiger partial charge in [-0.2, -0.15) is 5.06 Å². The summed E-state index contributed by atoms with van der Waals surface area (Å²) in [6.07, 6.45) is 0. The summed E-state index contributed by atoms with van der Waals surface area (Å²) in [4.78, 5) is 1.85. The Balaban J connectivity index is 0. The topological polar surface area (TPSA) is 83.9 Å². The molecule has 1 saturated heterocycles. The van der Waals surface area contributed by atoms with E-state index in [9.17, 15) is 13.0 Å². The van der Waals surface area contributed by atoms with Crippen molar-refractivity contribution < 1.29 is 47.7 Å². The Bertz CT molecular complexity index is 265. The van der Waals surface area contributed by atoms with Crippen LogP contribution in [-0.2, 0) is 10.1 Å². The third kappa shape index (κ3) is 9.73. The van der Waals surface area contributed by atoms with Crippen molar-refractivity contribution in [1.82, 2.24) is 9.96 Å². The number of hydroxylamine groups is 2. The largest absolute Gasteiger partial charge is 1.00 e. The standard InChI is InChI=1S/C6H14N2O4S.C2H4.Na/c9-8-3-1-7(2-4-8)5-6-13(10,11)12;1-2;/h9H,1-6H2,(H,10,11,12);1-2H2;/q;;+1/p-1. The molecule has 0 unspecified atom stereocenters. The normalized spacial score (nSPS) is 18.1. The first kappa shape index (κ1) is 18.9. The van der Waals surface area contributed by atoms with Gasteiger partial charge in [0, 0.05) is 32.7 Å². The summed E-state index contributed by atoms with van der Waals surface area (Å²) in [7, 11) is -4.10. The van der Waals surface area contributed by atoms with E-state index in [1.165, 1.54) is 5.06 Å². The molecule has 1 N–H and O–H groups in total. The molecule has 1 aliphatic rings. The molecule has 0 amide bonds. The van der Waals surface area contributed by atoms with Gasteiger partial charge in [0.15, 0.2) is 0 Å². The first-order chi connectivity index (χ1) is 6.97. The summed E-state index contributed by atoms with van der Waals surface area (Å²) in [6.45, 7) is 8.47. The molecule has 0 aliphatic carbocycles. The van der Waals surface area contributed by atoms with Crippen molar-refractivity contribution >= 4 is 10.1 Å². The van der Waals surface area contributed by atoms with Gasteiger partial charge in [0.25, 0.3) is 0 Å². The maximum atomic E-state index is 10.3. The Labute approximate surface area is 119 Å². The molecule has 0 spiro atoms. The number of nitrogens with zero attached hydrogens (tertiary/aromatic N) is 2. The van der Waals surface area contributed by atoms with Crippen LogP contribution in [0, 0.1) is 0 Å². The van der Waals surface area contributed by atoms with Gasteiger partial charge in [-0.15, -0.1) is 13.2 Å². The Hall–Kier alpha value is 0.530. The molecule has 8 heteroatoms. The molecule has 1 rings (SSSR count). The van der Waals surface area contributed by atoms with E-state index in [1.54, 1.807) is 0 Å². The average Bonchev–Trinajstić information content (AvgIpc) is 2.19. The van der Waals surface area contributed by atoms with Crippen LogP contribution in [0.2, 0.25) is 0 Å². The maximum absolute atomic E-state index is 10.3. The Morgan fingerprint density at radius 2 is 1.62 bits per heavy atom. The molecule has 1 aliphatic heterocycles. The van der Waals surface area contributed by atoms with E-state index in [0.717, 1.165) is 0 Å². The first-order valence-corrected chi connectivity index (χ1v) is 6.15. The third-order valence-electron chi connectivity index (χ3n) is 2.01. The predicted octanol–water partition coefficient (Wildman–Crippen LogP) is -3.66. The van der Waals surface area contributed by atoms with Crippen LogP contribution in [0.5, 0.6) is 0 Å². The van der Waals surface area contributed by atoms with Gasteiger partial charge in [-0.05, 0) is 0 Å². The molecule has 16 heavy (non-hydrogen) atoms. The molecule has 0 aromatic carbocycles. The van der Waals surface area contributed by atoms with Crippen LogP contribution in [-0.4, -0.2) is 66.6 Å². The zero-order valence-corrected chi connectivity index (χ0v) is 12.4. The fourth-order valence-corrected chi connectivity index (χ4v) is 1.68. The molecule has 6 nitrogen and oxygen atoms in total. The number of hydrogen-bond acceptors (Lipinski definition) is 6. The molecular weight excluding hydrogens is 243 g/mol. The van der Waals surface area contributed by atoms with Gasteiger partial charge in [-0.25, -0.2) is 8.42 Å². The number of hydrogen-bond donors (Lipinski definition) is 1. The van der Waals surface area contributed by atoms with Gasteiger partial charge >= 0.3 is 29.6 Å². The smallest absolute Gasteiger partial charge is 0.748 e. The van der Waals surface area contributed by atoms with Crippen LogP contribution in [0.25, 0.3) is 0 Å². The molecule has 0 atom stereocenters. The minimum atomic E-state index is -4.10. The summed E-state index contributed by atoms with van der Waals surface area (Å²) in [5, 5.41) is 10.2. The van der Waals surface area contributed by atoms with E-state index in [2.05, 4.69) is 13.2 Å². The zero-order valence-electron chi connectivity index (χ0n) is 9.63. The zero-order chi connectivity index (χ0) is 11.9. The second-order valence-electron chi connectivity index (χ2n) is 3.06. The van der Waals surface area contributed by atoms with Crippen LogP contribution in [0.3, 0.4) is 0 Å². The molecule has 0 saturated carbocycles. The van der Waals surface area contributed by atoms with E-state index in [0.29, 0.717) is 26.2 Å². The van der Waals surface area contributed by atoms with Gasteiger partial charge in [0.05, 0.1) is 15.9 Å². The van der Waals surface area contributed by atoms with E-state index in [4.69, 9.17) is 5.21 Å². The number of piperazine rings is 1. The predicted molar refractivity (Wildman–Crippen MR) is 55.6 cm³/mol. The summed E-state index contributed by atoms with van der Waals surface area (Å²) in [5.41, 5.74) is 0. The van der Waals surface area contributed by atoms with Crippen molar-refractivity contribution in [1.29, 1.82) is 0 Å². The van der Waals surface area contributed by atoms with E-state index >= 15 is 0 Å². The molecule has 90 valence electrons. The van der Waals surface area contributed by atoms with E-state index in [-0.39, 0.29) is 41.9 Å². The van der Waals surface area contributed by atoms with Gasteiger partial charge in [0.2, 0.25) is 0 Å². The van der Waals surface area contributed by atoms with Crippen molar-refractivity contribution in [2.75, 3.05) is 38.5 Å². The molecule has 0 aromatic rings. The van der Waals surface area contributed by atoms with Crippen molar-refractivity contribution in [2.45, 2.75) is 0 Å². The van der Waals surface area contributed by atoms with Gasteiger partial charge in [-0.1, -0.05) is 0 Å². The second-order valence-corrected chi connectivity index (χ2v) is 4.58. The Morgan fingerprint density at radius 3 is 2.00 bits per heavy atom. The van der Waals surface area contributed by atoms with Crippen LogP contribution in [0.4, 0.5) is 0 Å². The quantitative estimate of drug-likeness (QED) is 0.320. The van der Waals surface area contributed by atoms with Crippen LogP contribution in [0.1, 0.15) is 0 Å². The monoisotopic (exact) mass is 260 g/mol. The summed E-state index contributed by atoms with van der Waals surface area (Å²) < 4.78 is 30.9. The SMILES string of the molecule is C=C.O=S(=O)([O-])CCN1CCN(O)CC1.[Na+]. The Morgan fingerprint density at radius 1 is 1.19 bits per heavy atom. The van der Waals surface area contributed by atoms with Crippen molar-refractivity contribution in [3.05, 3.63) is 13.2 Å². The van der Waals surface area contributed by atoms with Crippen molar-refractivity contribution in [2.24, 2.45) is 0 Å². The van der Waals surface area contributed by atoms with Crippen molar-refractivity contribution in [3.8, 4) is 0 Å². The number of rotatable bonds is 3.